The molecule has 1 aliphatic heterocycles. The van der Waals surface area contributed by atoms with Gasteiger partial charge in [-0.15, -0.1) is 6.42 Å². The maximum atomic E-state index is 10.9. The smallest absolute Gasteiger partial charge is 0.387 e. The van der Waals surface area contributed by atoms with Gasteiger partial charge < -0.3 is 30.1 Å². The largest absolute Gasteiger partial charge is 0.469 e. The van der Waals surface area contributed by atoms with Gasteiger partial charge in [0.15, 0.2) is 17.7 Å². The molecule has 0 unspecified atom stereocenters. The molecule has 0 aliphatic carbocycles. The first-order valence-electron chi connectivity index (χ1n) is 7.33. The first-order valence-corrected chi connectivity index (χ1v) is 8.86. The summed E-state index contributed by atoms with van der Waals surface area (Å²) in [7, 11) is -4.73. The summed E-state index contributed by atoms with van der Waals surface area (Å²) in [5.74, 6) is 2.45. The number of phosphoric acid groups is 1. The lowest BCUT2D eigenvalue weighted by Gasteiger charge is -2.21. The number of aromatic nitrogens is 4. The summed E-state index contributed by atoms with van der Waals surface area (Å²) in [6, 6.07) is 0. The Hall–Kier alpha value is -2.10. The van der Waals surface area contributed by atoms with Crippen LogP contribution in [0.2, 0.25) is 0 Å². The second-order valence-electron chi connectivity index (χ2n) is 5.40. The Morgan fingerprint density at radius 3 is 2.88 bits per heavy atom. The van der Waals surface area contributed by atoms with Gasteiger partial charge >= 0.3 is 7.82 Å². The Kier molecular flexibility index (Phi) is 5.22. The molecule has 1 aliphatic rings. The molecule has 26 heavy (non-hydrogen) atoms. The third-order valence-electron chi connectivity index (χ3n) is 3.74. The van der Waals surface area contributed by atoms with Gasteiger partial charge in [0.1, 0.15) is 36.8 Å². The van der Waals surface area contributed by atoms with E-state index in [0.29, 0.717) is 11.2 Å². The number of aliphatic hydroxyl groups excluding tert-OH is 1. The maximum Gasteiger partial charge on any atom is 0.469 e. The van der Waals surface area contributed by atoms with Crippen molar-refractivity contribution < 1.29 is 33.5 Å². The fraction of sp³-hybridized carbons (Fsp3) is 0.462. The minimum atomic E-state index is -4.73. The molecule has 0 aromatic carbocycles. The Labute approximate surface area is 147 Å². The lowest BCUT2D eigenvalue weighted by molar-refractivity contribution is -0.0632. The number of anilines is 1. The Bertz CT molecular complexity index is 877. The van der Waals surface area contributed by atoms with Crippen LogP contribution in [-0.4, -0.2) is 65.9 Å². The van der Waals surface area contributed by atoms with Gasteiger partial charge in [-0.1, -0.05) is 5.92 Å². The van der Waals surface area contributed by atoms with E-state index in [0.717, 1.165) is 0 Å². The van der Waals surface area contributed by atoms with Crippen LogP contribution in [0, 0.1) is 12.3 Å². The predicted octanol–water partition coefficient (Wildman–Crippen LogP) is -1.21. The van der Waals surface area contributed by atoms with Gasteiger partial charge in [0, 0.05) is 0 Å². The molecule has 0 saturated carbocycles. The summed E-state index contributed by atoms with van der Waals surface area (Å²) < 4.78 is 27.9. The third-order valence-corrected chi connectivity index (χ3v) is 4.23. The summed E-state index contributed by atoms with van der Waals surface area (Å²) in [6.45, 7) is -0.668. The normalized spacial score (nSPS) is 26.2. The molecule has 12 nitrogen and oxygen atoms in total. The molecule has 2 aromatic heterocycles. The van der Waals surface area contributed by atoms with Crippen LogP contribution in [0.25, 0.3) is 11.2 Å². The molecular formula is C13H16N5O7P. The van der Waals surface area contributed by atoms with E-state index >= 15 is 0 Å². The van der Waals surface area contributed by atoms with E-state index < -0.39 is 39.0 Å². The third kappa shape index (κ3) is 3.69. The number of rotatable bonds is 6. The second-order valence-corrected chi connectivity index (χ2v) is 6.64. The molecule has 0 radical (unpaired) electrons. The van der Waals surface area contributed by atoms with Gasteiger partial charge in [0.2, 0.25) is 0 Å². The first kappa shape index (κ1) is 18.7. The minimum absolute atomic E-state index is 0.114. The number of nitrogens with zero attached hydrogens (tertiary/aromatic N) is 4. The van der Waals surface area contributed by atoms with Gasteiger partial charge in [0.05, 0.1) is 12.9 Å². The lowest BCUT2D eigenvalue weighted by Crippen LogP contribution is -2.36. The van der Waals surface area contributed by atoms with E-state index in [-0.39, 0.29) is 12.4 Å². The predicted molar refractivity (Wildman–Crippen MR) is 86.2 cm³/mol. The summed E-state index contributed by atoms with van der Waals surface area (Å²) in [5, 5.41) is 10.4. The molecule has 2 aromatic rings. The molecule has 3 heterocycles. The van der Waals surface area contributed by atoms with Crippen molar-refractivity contribution in [3.63, 3.8) is 0 Å². The number of terminal acetylenes is 1. The van der Waals surface area contributed by atoms with Crippen molar-refractivity contribution >= 4 is 24.8 Å². The summed E-state index contributed by atoms with van der Waals surface area (Å²) in [5.41, 5.74) is 6.42. The van der Waals surface area contributed by atoms with Crippen molar-refractivity contribution in [2.45, 2.75) is 24.5 Å². The van der Waals surface area contributed by atoms with Crippen LogP contribution in [0.5, 0.6) is 0 Å². The number of hydrogen-bond donors (Lipinski definition) is 4. The van der Waals surface area contributed by atoms with E-state index in [1.807, 2.05) is 0 Å². The van der Waals surface area contributed by atoms with E-state index in [1.165, 1.54) is 17.2 Å². The molecular weight excluding hydrogens is 369 g/mol. The van der Waals surface area contributed by atoms with Crippen molar-refractivity contribution in [2.75, 3.05) is 18.9 Å². The zero-order valence-corrected chi connectivity index (χ0v) is 14.1. The zero-order chi connectivity index (χ0) is 18.9. The molecule has 140 valence electrons. The Balaban J connectivity index is 1.91. The number of nitrogens with two attached hydrogens (primary N) is 1. The topological polar surface area (TPSA) is 175 Å². The van der Waals surface area contributed by atoms with Crippen molar-refractivity contribution in [1.29, 1.82) is 0 Å². The van der Waals surface area contributed by atoms with Crippen LogP contribution in [0.1, 0.15) is 6.23 Å². The van der Waals surface area contributed by atoms with Crippen LogP contribution < -0.4 is 5.73 Å². The van der Waals surface area contributed by atoms with E-state index in [2.05, 4.69) is 25.4 Å². The highest BCUT2D eigenvalue weighted by Crippen LogP contribution is 2.39. The number of phosphoric ester groups is 1. The highest BCUT2D eigenvalue weighted by Gasteiger charge is 2.46. The average molecular weight is 385 g/mol. The van der Waals surface area contributed by atoms with E-state index in [1.54, 1.807) is 0 Å². The maximum absolute atomic E-state index is 10.9. The Morgan fingerprint density at radius 1 is 1.42 bits per heavy atom. The van der Waals surface area contributed by atoms with Crippen molar-refractivity contribution in [1.82, 2.24) is 19.5 Å². The summed E-state index contributed by atoms with van der Waals surface area (Å²) in [6.07, 6.45) is 3.59. The fourth-order valence-corrected chi connectivity index (χ4v) is 2.97. The number of imidazole rings is 1. The van der Waals surface area contributed by atoms with Crippen molar-refractivity contribution in [3.05, 3.63) is 12.7 Å². The zero-order valence-electron chi connectivity index (χ0n) is 13.2. The summed E-state index contributed by atoms with van der Waals surface area (Å²) in [4.78, 5) is 29.7. The highest BCUT2D eigenvalue weighted by atomic mass is 31.2. The lowest BCUT2D eigenvalue weighted by atomic mass is 10.1. The molecule has 3 rings (SSSR count). The number of ether oxygens (including phenoxy) is 2. The van der Waals surface area contributed by atoms with Crippen LogP contribution >= 0.6 is 7.82 Å². The van der Waals surface area contributed by atoms with Crippen LogP contribution in [0.4, 0.5) is 5.82 Å². The Morgan fingerprint density at radius 2 is 2.19 bits per heavy atom. The molecule has 0 bridgehead atoms. The average Bonchev–Trinajstić information content (AvgIpc) is 3.13. The van der Waals surface area contributed by atoms with Gasteiger partial charge in [-0.05, 0) is 0 Å². The number of fused-ring (bicyclic) bond motifs is 1. The second kappa shape index (κ2) is 7.26. The molecule has 1 fully saturated rings. The molecule has 0 spiro atoms. The van der Waals surface area contributed by atoms with Gasteiger partial charge in [-0.2, -0.15) is 0 Å². The van der Waals surface area contributed by atoms with Crippen molar-refractivity contribution in [3.8, 4) is 12.3 Å². The SMILES string of the molecule is C#CCO[C@@H]1[C@H](O)[C@@H](COP(=O)(O)O)O[C@H]1n1cnc2c(N)ncnc21. The first-order chi connectivity index (χ1) is 12.3. The van der Waals surface area contributed by atoms with E-state index in [9.17, 15) is 9.67 Å². The van der Waals surface area contributed by atoms with Crippen LogP contribution in [-0.2, 0) is 18.6 Å². The van der Waals surface area contributed by atoms with Crippen molar-refractivity contribution in [2.24, 2.45) is 0 Å². The quantitative estimate of drug-likeness (QED) is 0.347. The van der Waals surface area contributed by atoms with Crippen LogP contribution in [0.15, 0.2) is 12.7 Å². The highest BCUT2D eigenvalue weighted by molar-refractivity contribution is 7.46. The molecule has 13 heteroatoms. The summed E-state index contributed by atoms with van der Waals surface area (Å²) >= 11 is 0. The standard InChI is InChI=1S/C13H16N5O7P/c1-2-3-23-10-9(19)7(4-24-26(20,21)22)25-13(10)18-6-17-8-11(14)15-5-16-12(8)18/h1,5-7,9-10,13,19H,3-4H2,(H2,14,15,16)(H2,20,21,22)/t7-,9-,10-,13-/m1/s1. The van der Waals surface area contributed by atoms with Gasteiger partial charge in [-0.3, -0.25) is 9.09 Å². The van der Waals surface area contributed by atoms with Crippen LogP contribution in [0.3, 0.4) is 0 Å². The fourth-order valence-electron chi connectivity index (χ4n) is 2.63. The number of aliphatic hydroxyl groups is 1. The molecule has 5 N–H and O–H groups in total. The monoisotopic (exact) mass is 385 g/mol. The van der Waals surface area contributed by atoms with Gasteiger partial charge in [-0.25, -0.2) is 19.5 Å². The minimum Gasteiger partial charge on any atom is -0.387 e. The number of nitrogen functional groups attached to an aromatic ring is 1. The van der Waals surface area contributed by atoms with Gasteiger partial charge in [0.25, 0.3) is 0 Å². The number of hydrogen-bond acceptors (Lipinski definition) is 9. The molecule has 1 saturated heterocycles. The molecule has 4 atom stereocenters. The molecule has 0 amide bonds. The van der Waals surface area contributed by atoms with E-state index in [4.69, 9.17) is 31.4 Å².